The van der Waals surface area contributed by atoms with Gasteiger partial charge >= 0.3 is 0 Å². The average molecular weight is 271 g/mol. The molecule has 1 aromatic carbocycles. The number of hydrogen-bond donors (Lipinski definition) is 1. The second kappa shape index (κ2) is 5.83. The molecule has 1 N–H and O–H groups in total. The lowest BCUT2D eigenvalue weighted by Gasteiger charge is -2.00. The van der Waals surface area contributed by atoms with Crippen molar-refractivity contribution in [1.29, 1.82) is 0 Å². The first-order chi connectivity index (χ1) is 8.67. The summed E-state index contributed by atoms with van der Waals surface area (Å²) in [7, 11) is 0. The zero-order chi connectivity index (χ0) is 13.0. The minimum Gasteiger partial charge on any atom is -0.430 e. The van der Waals surface area contributed by atoms with Crippen molar-refractivity contribution < 1.29 is 13.5 Å². The molecule has 2 aromatic rings. The van der Waals surface area contributed by atoms with Crippen molar-refractivity contribution in [2.75, 3.05) is 6.54 Å². The largest absolute Gasteiger partial charge is 0.430 e. The zero-order valence-electron chi connectivity index (χ0n) is 9.61. The predicted octanol–water partition coefficient (Wildman–Crippen LogP) is 2.72. The van der Waals surface area contributed by atoms with E-state index in [2.05, 4.69) is 15.5 Å². The topological polar surface area (TPSA) is 47.0 Å². The Labute approximate surface area is 107 Å². The van der Waals surface area contributed by atoms with E-state index in [0.717, 1.165) is 29.8 Å². The van der Waals surface area contributed by atoms with Crippen LogP contribution in [0.15, 0.2) is 18.2 Å². The van der Waals surface area contributed by atoms with Crippen LogP contribution >= 0.6 is 11.3 Å². The average Bonchev–Trinajstić information content (AvgIpc) is 2.72. The van der Waals surface area contributed by atoms with Crippen molar-refractivity contribution >= 4 is 11.3 Å². The maximum Gasteiger partial charge on any atom is 0.299 e. The van der Waals surface area contributed by atoms with Gasteiger partial charge in [-0.25, -0.2) is 8.78 Å². The van der Waals surface area contributed by atoms with Crippen LogP contribution in [0.2, 0.25) is 0 Å². The third-order valence-corrected chi connectivity index (χ3v) is 2.82. The maximum absolute atomic E-state index is 12.9. The molecule has 1 heterocycles. The van der Waals surface area contributed by atoms with Crippen molar-refractivity contribution in [2.45, 2.75) is 13.5 Å². The molecule has 0 unspecified atom stereocenters. The lowest BCUT2D eigenvalue weighted by Crippen LogP contribution is -2.11. The van der Waals surface area contributed by atoms with Crippen LogP contribution in [0.5, 0.6) is 10.9 Å². The van der Waals surface area contributed by atoms with E-state index in [9.17, 15) is 8.78 Å². The van der Waals surface area contributed by atoms with E-state index in [1.165, 1.54) is 11.3 Å². The minimum atomic E-state index is -0.692. The predicted molar refractivity (Wildman–Crippen MR) is 63.7 cm³/mol. The number of benzene rings is 1. The molecule has 0 spiro atoms. The number of rotatable bonds is 5. The Morgan fingerprint density at radius 1 is 1.22 bits per heavy atom. The van der Waals surface area contributed by atoms with E-state index >= 15 is 0 Å². The molecule has 0 saturated heterocycles. The van der Waals surface area contributed by atoms with Gasteiger partial charge in [-0.1, -0.05) is 23.4 Å². The van der Waals surface area contributed by atoms with Gasteiger partial charge in [0.2, 0.25) is 0 Å². The number of nitrogens with zero attached hydrogens (tertiary/aromatic N) is 2. The van der Waals surface area contributed by atoms with Crippen molar-refractivity contribution in [3.8, 4) is 10.9 Å². The van der Waals surface area contributed by atoms with E-state index in [-0.39, 0.29) is 10.9 Å². The SMILES string of the molecule is CCNCc1nnc(Oc2cc(F)cc(F)c2)s1. The number of halogens is 2. The molecule has 2 rings (SSSR count). The summed E-state index contributed by atoms with van der Waals surface area (Å²) in [6, 6.07) is 2.96. The molecule has 0 fully saturated rings. The molecule has 0 aliphatic carbocycles. The fourth-order valence-electron chi connectivity index (χ4n) is 1.27. The Kier molecular flexibility index (Phi) is 4.16. The summed E-state index contributed by atoms with van der Waals surface area (Å²) in [5.74, 6) is -1.32. The van der Waals surface area contributed by atoms with Crippen LogP contribution in [-0.4, -0.2) is 16.7 Å². The maximum atomic E-state index is 12.9. The zero-order valence-corrected chi connectivity index (χ0v) is 10.4. The van der Waals surface area contributed by atoms with Crippen LogP contribution in [0.25, 0.3) is 0 Å². The molecule has 0 bridgehead atoms. The first-order valence-electron chi connectivity index (χ1n) is 5.34. The molecule has 0 atom stereocenters. The van der Waals surface area contributed by atoms with E-state index in [1.807, 2.05) is 6.92 Å². The molecule has 96 valence electrons. The Balaban J connectivity index is 2.06. The minimum absolute atomic E-state index is 0.0682. The van der Waals surface area contributed by atoms with Gasteiger partial charge in [-0.3, -0.25) is 0 Å². The van der Waals surface area contributed by atoms with Crippen molar-refractivity contribution in [1.82, 2.24) is 15.5 Å². The van der Waals surface area contributed by atoms with Gasteiger partial charge in [0.05, 0.1) is 0 Å². The summed E-state index contributed by atoms with van der Waals surface area (Å²) in [5.41, 5.74) is 0. The number of hydrogen-bond acceptors (Lipinski definition) is 5. The van der Waals surface area contributed by atoms with E-state index < -0.39 is 11.6 Å². The highest BCUT2D eigenvalue weighted by molar-refractivity contribution is 7.13. The highest BCUT2D eigenvalue weighted by atomic mass is 32.1. The van der Waals surface area contributed by atoms with Gasteiger partial charge < -0.3 is 10.1 Å². The molecule has 1 aromatic heterocycles. The smallest absolute Gasteiger partial charge is 0.299 e. The summed E-state index contributed by atoms with van der Waals surface area (Å²) in [5, 5.41) is 11.8. The monoisotopic (exact) mass is 271 g/mol. The van der Waals surface area contributed by atoms with Crippen molar-refractivity contribution in [3.05, 3.63) is 34.8 Å². The fourth-order valence-corrected chi connectivity index (χ4v) is 1.95. The first kappa shape index (κ1) is 12.8. The third kappa shape index (κ3) is 3.44. The number of nitrogens with one attached hydrogen (secondary N) is 1. The molecule has 18 heavy (non-hydrogen) atoms. The van der Waals surface area contributed by atoms with E-state index in [1.54, 1.807) is 0 Å². The second-order valence-electron chi connectivity index (χ2n) is 3.45. The van der Waals surface area contributed by atoms with Crippen LogP contribution in [0.4, 0.5) is 8.78 Å². The molecule has 0 radical (unpaired) electrons. The van der Waals surface area contributed by atoms with Crippen LogP contribution in [0.1, 0.15) is 11.9 Å². The number of aromatic nitrogens is 2. The molecule has 0 amide bonds. The summed E-state index contributed by atoms with van der Waals surface area (Å²) in [6.45, 7) is 3.40. The summed E-state index contributed by atoms with van der Waals surface area (Å²) in [4.78, 5) is 0. The Hall–Kier alpha value is -1.60. The molecular formula is C11H11F2N3OS. The summed E-state index contributed by atoms with van der Waals surface area (Å²) < 4.78 is 31.1. The van der Waals surface area contributed by atoms with Gasteiger partial charge in [-0.15, -0.1) is 5.10 Å². The first-order valence-corrected chi connectivity index (χ1v) is 6.16. The standard InChI is InChI=1S/C11H11F2N3OS/c1-2-14-6-10-15-16-11(18-10)17-9-4-7(12)3-8(13)5-9/h3-5,14H,2,6H2,1H3. The Morgan fingerprint density at radius 3 is 2.61 bits per heavy atom. The van der Waals surface area contributed by atoms with Gasteiger partial charge in [0, 0.05) is 24.7 Å². The quantitative estimate of drug-likeness (QED) is 0.908. The summed E-state index contributed by atoms with van der Waals surface area (Å²) >= 11 is 1.23. The van der Waals surface area contributed by atoms with Crippen LogP contribution in [0, 0.1) is 11.6 Å². The fraction of sp³-hybridized carbons (Fsp3) is 0.273. The van der Waals surface area contributed by atoms with Gasteiger partial charge in [-0.05, 0) is 6.54 Å². The van der Waals surface area contributed by atoms with Gasteiger partial charge in [0.15, 0.2) is 0 Å². The van der Waals surface area contributed by atoms with Crippen LogP contribution < -0.4 is 10.1 Å². The van der Waals surface area contributed by atoms with E-state index in [4.69, 9.17) is 4.74 Å². The lowest BCUT2D eigenvalue weighted by atomic mass is 10.3. The Morgan fingerprint density at radius 2 is 1.94 bits per heavy atom. The van der Waals surface area contributed by atoms with Gasteiger partial charge in [-0.2, -0.15) is 0 Å². The highest BCUT2D eigenvalue weighted by Gasteiger charge is 2.08. The molecule has 0 aliphatic heterocycles. The van der Waals surface area contributed by atoms with Crippen LogP contribution in [-0.2, 0) is 6.54 Å². The summed E-state index contributed by atoms with van der Waals surface area (Å²) in [6.07, 6.45) is 0. The second-order valence-corrected chi connectivity index (χ2v) is 4.47. The third-order valence-electron chi connectivity index (χ3n) is 2.02. The molecule has 7 heteroatoms. The van der Waals surface area contributed by atoms with Crippen LogP contribution in [0.3, 0.4) is 0 Å². The lowest BCUT2D eigenvalue weighted by molar-refractivity contribution is 0.460. The Bertz CT molecular complexity index is 513. The molecule has 0 saturated carbocycles. The normalized spacial score (nSPS) is 10.6. The van der Waals surface area contributed by atoms with E-state index in [0.29, 0.717) is 6.54 Å². The number of ether oxygens (including phenoxy) is 1. The molecule has 0 aliphatic rings. The van der Waals surface area contributed by atoms with Crippen molar-refractivity contribution in [3.63, 3.8) is 0 Å². The van der Waals surface area contributed by atoms with Crippen molar-refractivity contribution in [2.24, 2.45) is 0 Å². The highest BCUT2D eigenvalue weighted by Crippen LogP contribution is 2.26. The van der Waals surface area contributed by atoms with Gasteiger partial charge in [0.25, 0.3) is 5.19 Å². The molecular weight excluding hydrogens is 260 g/mol. The van der Waals surface area contributed by atoms with Gasteiger partial charge in [0.1, 0.15) is 22.4 Å². The molecule has 4 nitrogen and oxygen atoms in total.